The van der Waals surface area contributed by atoms with Crippen LogP contribution in [0.15, 0.2) is 28.7 Å². The quantitative estimate of drug-likeness (QED) is 0.300. The van der Waals surface area contributed by atoms with Crippen LogP contribution in [0.1, 0.15) is 58.3 Å². The summed E-state index contributed by atoms with van der Waals surface area (Å²) in [6, 6.07) is -0.411. The second-order valence-electron chi connectivity index (χ2n) is 8.31. The fraction of sp³-hybridized carbons (Fsp3) is 0.682. The van der Waals surface area contributed by atoms with E-state index in [0.717, 1.165) is 43.1 Å². The van der Waals surface area contributed by atoms with Gasteiger partial charge in [0.05, 0.1) is 0 Å². The Hall–Kier alpha value is -1.76. The maximum absolute atomic E-state index is 12.3. The first-order valence-corrected chi connectivity index (χ1v) is 12.6. The molecule has 3 unspecified atom stereocenters. The summed E-state index contributed by atoms with van der Waals surface area (Å²) in [5, 5.41) is 7.22. The number of carbonyl (C=O) groups is 2. The van der Waals surface area contributed by atoms with Gasteiger partial charge >= 0.3 is 0 Å². The standard InChI is InChI=1S/C22H35N4O4P/c1-16(22(28)24-13-17-7-3-2-4-8-17)25-19-15-31-18(14-23-19)10-11-20(27)26-30-21-9-5-6-12-29-21/h10-11,14,16-17,21,31H,2-9,12-13,15H2,1H3,(H,23,25)(H,24,28)(H,26,27)/b11-10+. The summed E-state index contributed by atoms with van der Waals surface area (Å²) < 4.78 is 5.41. The third kappa shape index (κ3) is 8.71. The van der Waals surface area contributed by atoms with Crippen LogP contribution in [0.3, 0.4) is 0 Å². The summed E-state index contributed by atoms with van der Waals surface area (Å²) in [7, 11) is 0.480. The molecule has 3 N–H and O–H groups in total. The molecule has 1 aliphatic carbocycles. The molecule has 31 heavy (non-hydrogen) atoms. The lowest BCUT2D eigenvalue weighted by Gasteiger charge is -2.22. The van der Waals surface area contributed by atoms with Crippen LogP contribution in [0.5, 0.6) is 0 Å². The van der Waals surface area contributed by atoms with E-state index in [1.54, 1.807) is 6.08 Å². The fourth-order valence-corrected chi connectivity index (χ4v) is 4.78. The molecule has 2 fully saturated rings. The zero-order valence-corrected chi connectivity index (χ0v) is 19.3. The topological polar surface area (TPSA) is 101 Å². The van der Waals surface area contributed by atoms with Crippen LogP contribution >= 0.6 is 8.58 Å². The molecule has 0 aromatic heterocycles. The second-order valence-corrected chi connectivity index (χ2v) is 9.60. The van der Waals surface area contributed by atoms with E-state index in [0.29, 0.717) is 21.1 Å². The molecule has 2 heterocycles. The molecule has 3 rings (SSSR count). The normalized spacial score (nSPS) is 25.8. The van der Waals surface area contributed by atoms with Crippen molar-refractivity contribution in [2.45, 2.75) is 70.6 Å². The zero-order chi connectivity index (χ0) is 21.9. The third-order valence-electron chi connectivity index (χ3n) is 5.72. The van der Waals surface area contributed by atoms with Crippen molar-refractivity contribution in [1.82, 2.24) is 16.1 Å². The lowest BCUT2D eigenvalue weighted by Crippen LogP contribution is -2.37. The first-order valence-electron chi connectivity index (χ1n) is 11.4. The number of ether oxygens (including phenoxy) is 1. The molecule has 1 saturated carbocycles. The van der Waals surface area contributed by atoms with Crippen molar-refractivity contribution in [2.24, 2.45) is 10.9 Å². The molecule has 9 heteroatoms. The van der Waals surface area contributed by atoms with Gasteiger partial charge in [-0.25, -0.2) is 10.3 Å². The van der Waals surface area contributed by atoms with Crippen LogP contribution in [0.4, 0.5) is 0 Å². The van der Waals surface area contributed by atoms with Crippen molar-refractivity contribution in [3.05, 3.63) is 23.7 Å². The van der Waals surface area contributed by atoms with Gasteiger partial charge in [0.1, 0.15) is 11.9 Å². The Labute approximate surface area is 186 Å². The highest BCUT2D eigenvalue weighted by atomic mass is 31.1. The van der Waals surface area contributed by atoms with Crippen molar-refractivity contribution in [3.63, 3.8) is 0 Å². The predicted molar refractivity (Wildman–Crippen MR) is 123 cm³/mol. The van der Waals surface area contributed by atoms with Gasteiger partial charge in [0, 0.05) is 38.0 Å². The van der Waals surface area contributed by atoms with Gasteiger partial charge in [0.15, 0.2) is 6.29 Å². The number of hydroxylamine groups is 1. The van der Waals surface area contributed by atoms with Gasteiger partial charge < -0.3 is 15.4 Å². The van der Waals surface area contributed by atoms with Gasteiger partial charge in [0.2, 0.25) is 5.91 Å². The average molecular weight is 451 g/mol. The minimum absolute atomic E-state index is 0.0171. The highest BCUT2D eigenvalue weighted by Crippen LogP contribution is 2.27. The van der Waals surface area contributed by atoms with Crippen LogP contribution in [0, 0.1) is 5.92 Å². The summed E-state index contributed by atoms with van der Waals surface area (Å²) in [4.78, 5) is 34.0. The van der Waals surface area contributed by atoms with E-state index in [4.69, 9.17) is 9.57 Å². The number of rotatable bonds is 8. The average Bonchev–Trinajstić information content (AvgIpc) is 2.82. The van der Waals surface area contributed by atoms with Crippen molar-refractivity contribution in [1.29, 1.82) is 0 Å². The van der Waals surface area contributed by atoms with Gasteiger partial charge in [-0.05, 0) is 49.9 Å². The Morgan fingerprint density at radius 1 is 1.29 bits per heavy atom. The first kappa shape index (κ1) is 23.9. The highest BCUT2D eigenvalue weighted by molar-refractivity contribution is 7.44. The number of amides is 2. The van der Waals surface area contributed by atoms with Gasteiger partial charge in [-0.3, -0.25) is 14.6 Å². The molecule has 172 valence electrons. The highest BCUT2D eigenvalue weighted by Gasteiger charge is 2.18. The smallest absolute Gasteiger partial charge is 0.267 e. The van der Waals surface area contributed by atoms with Crippen molar-refractivity contribution >= 4 is 26.2 Å². The number of carbonyl (C=O) groups excluding carboxylic acids is 2. The molecular formula is C22H35N4O4P. The Morgan fingerprint density at radius 3 is 2.81 bits per heavy atom. The number of nitrogens with zero attached hydrogens (tertiary/aromatic N) is 1. The molecule has 0 aromatic rings. The van der Waals surface area contributed by atoms with E-state index >= 15 is 0 Å². The molecule has 2 amide bonds. The Balaban J connectivity index is 1.36. The minimum atomic E-state index is -0.411. The van der Waals surface area contributed by atoms with Crippen molar-refractivity contribution in [2.75, 3.05) is 19.3 Å². The van der Waals surface area contributed by atoms with Gasteiger partial charge in [-0.15, -0.1) is 0 Å². The van der Waals surface area contributed by atoms with Crippen LogP contribution in [-0.2, 0) is 19.2 Å². The fourth-order valence-electron chi connectivity index (χ4n) is 3.84. The van der Waals surface area contributed by atoms with Gasteiger partial charge in [-0.1, -0.05) is 27.8 Å². The van der Waals surface area contributed by atoms with Gasteiger partial charge in [0.25, 0.3) is 5.91 Å². The van der Waals surface area contributed by atoms with Crippen LogP contribution < -0.4 is 16.1 Å². The first-order chi connectivity index (χ1) is 15.1. The number of amidine groups is 1. The molecule has 0 radical (unpaired) electrons. The van der Waals surface area contributed by atoms with Gasteiger partial charge in [-0.2, -0.15) is 0 Å². The molecule has 1 saturated heterocycles. The van der Waals surface area contributed by atoms with E-state index in [1.807, 2.05) is 13.1 Å². The monoisotopic (exact) mass is 450 g/mol. The zero-order valence-electron chi connectivity index (χ0n) is 18.3. The van der Waals surface area contributed by atoms with Crippen LogP contribution in [-0.4, -0.2) is 49.3 Å². The Morgan fingerprint density at radius 2 is 2.10 bits per heavy atom. The lowest BCUT2D eigenvalue weighted by molar-refractivity contribution is -0.198. The Bertz CT molecular complexity index is 698. The molecule has 0 aromatic carbocycles. The summed E-state index contributed by atoms with van der Waals surface area (Å²) in [5.74, 6) is 1.08. The minimum Gasteiger partial charge on any atom is -0.354 e. The summed E-state index contributed by atoms with van der Waals surface area (Å²) >= 11 is 0. The van der Waals surface area contributed by atoms with E-state index in [9.17, 15) is 9.59 Å². The third-order valence-corrected chi connectivity index (χ3v) is 6.95. The molecule has 3 atom stereocenters. The molecular weight excluding hydrogens is 415 g/mol. The second kappa shape index (κ2) is 12.9. The number of allylic oxidation sites excluding steroid dienone is 2. The maximum atomic E-state index is 12.3. The van der Waals surface area contributed by atoms with Crippen molar-refractivity contribution in [3.8, 4) is 0 Å². The number of aliphatic imine (C=N–C) groups is 1. The lowest BCUT2D eigenvalue weighted by atomic mass is 9.89. The molecule has 8 nitrogen and oxygen atoms in total. The van der Waals surface area contributed by atoms with Crippen LogP contribution in [0.25, 0.3) is 0 Å². The summed E-state index contributed by atoms with van der Waals surface area (Å²) in [6.07, 6.45) is 14.6. The molecule has 0 spiro atoms. The molecule has 3 aliphatic rings. The van der Waals surface area contributed by atoms with E-state index in [2.05, 4.69) is 21.1 Å². The number of hydrogen-bond donors (Lipinski definition) is 3. The number of hydrogen-bond acceptors (Lipinski definition) is 5. The molecule has 2 aliphatic heterocycles. The SMILES string of the molecule is CC(N=C1CPC(/C=C/C(=O)NOC2CCCCO2)=CN1)C(=O)NCC1CCCCC1. The largest absolute Gasteiger partial charge is 0.354 e. The Kier molecular flexibility index (Phi) is 9.97. The number of nitrogens with one attached hydrogen (secondary N) is 3. The predicted octanol–water partition coefficient (Wildman–Crippen LogP) is 2.72. The van der Waals surface area contributed by atoms with E-state index in [-0.39, 0.29) is 18.1 Å². The van der Waals surface area contributed by atoms with Crippen molar-refractivity contribution < 1.29 is 19.2 Å². The van der Waals surface area contributed by atoms with E-state index < -0.39 is 6.04 Å². The van der Waals surface area contributed by atoms with E-state index in [1.165, 1.54) is 38.2 Å². The summed E-state index contributed by atoms with van der Waals surface area (Å²) in [6.45, 7) is 3.25. The summed E-state index contributed by atoms with van der Waals surface area (Å²) in [5.41, 5.74) is 2.41. The maximum Gasteiger partial charge on any atom is 0.267 e. The van der Waals surface area contributed by atoms with Crippen LogP contribution in [0.2, 0.25) is 0 Å². The molecule has 0 bridgehead atoms.